The Morgan fingerprint density at radius 3 is 2.73 bits per heavy atom. The molecule has 3 fully saturated rings. The number of fused-ring (bicyclic) bond motifs is 5. The fraction of sp³-hybridized carbons (Fsp3) is 0.762. The number of aldehydes is 1. The molecule has 26 heavy (non-hydrogen) atoms. The quantitative estimate of drug-likeness (QED) is 0.592. The van der Waals surface area contributed by atoms with Gasteiger partial charge in [0.05, 0.1) is 6.10 Å². The number of ketones is 2. The van der Waals surface area contributed by atoms with Crippen LogP contribution in [0.1, 0.15) is 51.9 Å². The van der Waals surface area contributed by atoms with Gasteiger partial charge in [-0.3, -0.25) is 9.59 Å². The summed E-state index contributed by atoms with van der Waals surface area (Å²) in [6.07, 6.45) is 6.60. The highest BCUT2D eigenvalue weighted by Crippen LogP contribution is 2.66. The molecule has 1 unspecified atom stereocenters. The summed E-state index contributed by atoms with van der Waals surface area (Å²) in [5, 5.41) is 20.6. The van der Waals surface area contributed by atoms with Gasteiger partial charge in [0.2, 0.25) is 11.6 Å². The van der Waals surface area contributed by atoms with Crippen molar-refractivity contribution in [1.29, 1.82) is 0 Å². The maximum Gasteiger partial charge on any atom is 0.221 e. The van der Waals surface area contributed by atoms with Gasteiger partial charge in [-0.15, -0.1) is 0 Å². The standard InChI is InChI=1S/C21H28O5/c1-20-9-17(25)16(24)8-13(20)2-4-14-15-5-3-12(6-7-22)21(15,11-23)10-18(26)19(14)20/h8,11-12,14-15,18-19,22,26H,2-7,9-10H2,1H3/t12-,14+,15+,18?,19-,20+,21+/m1/s1. The Morgan fingerprint density at radius 1 is 1.27 bits per heavy atom. The number of aliphatic hydroxyl groups is 2. The molecule has 2 N–H and O–H groups in total. The Bertz CT molecular complexity index is 682. The van der Waals surface area contributed by atoms with Crippen molar-refractivity contribution in [3.8, 4) is 0 Å². The maximum atomic E-state index is 12.2. The molecule has 0 aromatic carbocycles. The molecule has 0 amide bonds. The number of carbonyl (C=O) groups is 3. The number of aliphatic hydroxyl groups excluding tert-OH is 2. The second-order valence-electron chi connectivity index (χ2n) is 9.17. The van der Waals surface area contributed by atoms with Crippen LogP contribution in [0.2, 0.25) is 0 Å². The molecule has 0 spiro atoms. The normalized spacial score (nSPS) is 47.7. The van der Waals surface area contributed by atoms with E-state index >= 15 is 0 Å². The number of hydrogen-bond donors (Lipinski definition) is 2. The summed E-state index contributed by atoms with van der Waals surface area (Å²) >= 11 is 0. The van der Waals surface area contributed by atoms with E-state index in [0.717, 1.165) is 37.5 Å². The van der Waals surface area contributed by atoms with Crippen LogP contribution in [0.15, 0.2) is 11.6 Å². The van der Waals surface area contributed by atoms with Crippen LogP contribution in [0.3, 0.4) is 0 Å². The average molecular weight is 360 g/mol. The minimum absolute atomic E-state index is 0.0678. The Labute approximate surface area is 153 Å². The molecule has 0 aromatic rings. The van der Waals surface area contributed by atoms with E-state index in [1.807, 2.05) is 6.92 Å². The van der Waals surface area contributed by atoms with E-state index < -0.39 is 22.7 Å². The van der Waals surface area contributed by atoms with E-state index in [2.05, 4.69) is 0 Å². The van der Waals surface area contributed by atoms with Gasteiger partial charge in [-0.05, 0) is 68.3 Å². The Balaban J connectivity index is 1.74. The summed E-state index contributed by atoms with van der Waals surface area (Å²) in [6, 6.07) is 0. The van der Waals surface area contributed by atoms with E-state index in [-0.39, 0.29) is 42.5 Å². The first-order chi connectivity index (χ1) is 12.4. The molecule has 0 heterocycles. The Hall–Kier alpha value is -1.33. The van der Waals surface area contributed by atoms with E-state index in [4.69, 9.17) is 0 Å². The number of carbonyl (C=O) groups excluding carboxylic acids is 3. The maximum absolute atomic E-state index is 12.2. The van der Waals surface area contributed by atoms with Crippen molar-refractivity contribution in [2.24, 2.45) is 34.5 Å². The first-order valence-corrected chi connectivity index (χ1v) is 9.91. The monoisotopic (exact) mass is 360 g/mol. The van der Waals surface area contributed by atoms with Gasteiger partial charge in [0.1, 0.15) is 6.29 Å². The fourth-order valence-electron chi connectivity index (χ4n) is 7.20. The van der Waals surface area contributed by atoms with Gasteiger partial charge < -0.3 is 15.0 Å². The average Bonchev–Trinajstić information content (AvgIpc) is 2.95. The van der Waals surface area contributed by atoms with E-state index in [1.165, 1.54) is 6.08 Å². The lowest BCUT2D eigenvalue weighted by atomic mass is 9.45. The second-order valence-corrected chi connectivity index (χ2v) is 9.17. The van der Waals surface area contributed by atoms with Gasteiger partial charge in [-0.1, -0.05) is 12.5 Å². The zero-order valence-electron chi connectivity index (χ0n) is 15.3. The summed E-state index contributed by atoms with van der Waals surface area (Å²) in [5.74, 6) is -0.324. The van der Waals surface area contributed by atoms with Crippen LogP contribution in [0.5, 0.6) is 0 Å². The van der Waals surface area contributed by atoms with E-state index in [0.29, 0.717) is 12.8 Å². The molecular formula is C21H28O5. The molecule has 4 aliphatic rings. The minimum atomic E-state index is -0.657. The number of Topliss-reactive ketones (excluding diaryl/α,β-unsaturated/α-hetero) is 1. The van der Waals surface area contributed by atoms with Gasteiger partial charge >= 0.3 is 0 Å². The van der Waals surface area contributed by atoms with Crippen molar-refractivity contribution in [1.82, 2.24) is 0 Å². The fourth-order valence-corrected chi connectivity index (χ4v) is 7.20. The van der Waals surface area contributed by atoms with Gasteiger partial charge in [-0.2, -0.15) is 0 Å². The third-order valence-corrected chi connectivity index (χ3v) is 8.25. The molecule has 0 radical (unpaired) electrons. The predicted octanol–water partition coefficient (Wildman–Crippen LogP) is 1.85. The summed E-state index contributed by atoms with van der Waals surface area (Å²) in [7, 11) is 0. The SMILES string of the molecule is C[C@]12CC(=O)C(=O)C=C1CC[C@H]1[C@@H]3CC[C@H](CCO)[C@@]3(C=O)CC(O)[C@@H]12. The summed E-state index contributed by atoms with van der Waals surface area (Å²) in [4.78, 5) is 36.3. The molecule has 3 saturated carbocycles. The molecule has 0 bridgehead atoms. The van der Waals surface area contributed by atoms with Crippen LogP contribution >= 0.6 is 0 Å². The molecule has 0 aliphatic heterocycles. The van der Waals surface area contributed by atoms with Gasteiger partial charge in [0, 0.05) is 23.9 Å². The smallest absolute Gasteiger partial charge is 0.221 e. The predicted molar refractivity (Wildman–Crippen MR) is 94.1 cm³/mol. The van der Waals surface area contributed by atoms with Crippen molar-refractivity contribution in [3.05, 3.63) is 11.6 Å². The lowest BCUT2D eigenvalue weighted by Crippen LogP contribution is -2.58. The lowest BCUT2D eigenvalue weighted by Gasteiger charge is -2.59. The third kappa shape index (κ3) is 2.26. The van der Waals surface area contributed by atoms with Crippen LogP contribution in [0.25, 0.3) is 0 Å². The molecule has 142 valence electrons. The molecular weight excluding hydrogens is 332 g/mol. The van der Waals surface area contributed by atoms with Crippen molar-refractivity contribution in [2.45, 2.75) is 58.0 Å². The van der Waals surface area contributed by atoms with Gasteiger partial charge in [-0.25, -0.2) is 0 Å². The van der Waals surface area contributed by atoms with Crippen LogP contribution < -0.4 is 0 Å². The van der Waals surface area contributed by atoms with Crippen molar-refractivity contribution in [2.75, 3.05) is 6.61 Å². The van der Waals surface area contributed by atoms with E-state index in [1.54, 1.807) is 0 Å². The van der Waals surface area contributed by atoms with Gasteiger partial charge in [0.25, 0.3) is 0 Å². The van der Waals surface area contributed by atoms with Crippen molar-refractivity contribution >= 4 is 17.9 Å². The molecule has 0 aromatic heterocycles. The minimum Gasteiger partial charge on any atom is -0.396 e. The lowest BCUT2D eigenvalue weighted by molar-refractivity contribution is -0.155. The van der Waals surface area contributed by atoms with Gasteiger partial charge in [0.15, 0.2) is 0 Å². The van der Waals surface area contributed by atoms with Crippen molar-refractivity contribution in [3.63, 3.8) is 0 Å². The second kappa shape index (κ2) is 6.10. The van der Waals surface area contributed by atoms with Crippen molar-refractivity contribution < 1.29 is 24.6 Å². The highest BCUT2D eigenvalue weighted by Gasteiger charge is 2.64. The molecule has 7 atom stereocenters. The van der Waals surface area contributed by atoms with Crippen LogP contribution in [-0.4, -0.2) is 40.8 Å². The zero-order chi connectivity index (χ0) is 18.7. The van der Waals surface area contributed by atoms with E-state index in [9.17, 15) is 24.6 Å². The third-order valence-electron chi connectivity index (χ3n) is 8.25. The number of allylic oxidation sites excluding steroid dienone is 1. The highest BCUT2D eigenvalue weighted by molar-refractivity contribution is 6.42. The zero-order valence-corrected chi connectivity index (χ0v) is 15.3. The Kier molecular flexibility index (Phi) is 4.23. The summed E-state index contributed by atoms with van der Waals surface area (Å²) in [5.41, 5.74) is -0.0155. The van der Waals surface area contributed by atoms with Crippen LogP contribution in [0, 0.1) is 34.5 Å². The molecule has 5 heteroatoms. The number of hydrogen-bond acceptors (Lipinski definition) is 5. The Morgan fingerprint density at radius 2 is 2.04 bits per heavy atom. The molecule has 4 aliphatic carbocycles. The largest absolute Gasteiger partial charge is 0.396 e. The molecule has 0 saturated heterocycles. The summed E-state index contributed by atoms with van der Waals surface area (Å²) < 4.78 is 0. The first kappa shape index (κ1) is 18.1. The van der Waals surface area contributed by atoms with Crippen LogP contribution in [-0.2, 0) is 14.4 Å². The molecule has 5 nitrogen and oxygen atoms in total. The topological polar surface area (TPSA) is 91.7 Å². The summed E-state index contributed by atoms with van der Waals surface area (Å²) in [6.45, 7) is 2.09. The first-order valence-electron chi connectivity index (χ1n) is 9.91. The molecule has 4 rings (SSSR count). The van der Waals surface area contributed by atoms with Crippen LogP contribution in [0.4, 0.5) is 0 Å². The highest BCUT2D eigenvalue weighted by atomic mass is 16.3. The number of rotatable bonds is 3.